The number of aryl methyl sites for hydroxylation is 2. The van der Waals surface area contributed by atoms with Crippen molar-refractivity contribution in [1.82, 2.24) is 4.98 Å². The lowest BCUT2D eigenvalue weighted by atomic mass is 10.2. The van der Waals surface area contributed by atoms with Crippen LogP contribution in [0.15, 0.2) is 17.2 Å². The maximum atomic E-state index is 4.42. The number of rotatable bonds is 0. The highest BCUT2D eigenvalue weighted by Crippen LogP contribution is 2.28. The second-order valence-corrected chi connectivity index (χ2v) is 3.60. The van der Waals surface area contributed by atoms with Crippen LogP contribution >= 0.6 is 11.8 Å². The number of pyridine rings is 1. The molecule has 0 saturated heterocycles. The highest BCUT2D eigenvalue weighted by molar-refractivity contribution is 7.99. The van der Waals surface area contributed by atoms with E-state index >= 15 is 0 Å². The third-order valence-electron chi connectivity index (χ3n) is 1.69. The zero-order chi connectivity index (χ0) is 6.97. The van der Waals surface area contributed by atoms with E-state index in [-0.39, 0.29) is 0 Å². The van der Waals surface area contributed by atoms with E-state index in [1.54, 1.807) is 0 Å². The van der Waals surface area contributed by atoms with Crippen LogP contribution in [0.3, 0.4) is 0 Å². The molecule has 2 heteroatoms. The van der Waals surface area contributed by atoms with Crippen LogP contribution in [0.4, 0.5) is 0 Å². The first-order chi connectivity index (χ1) is 4.86. The maximum Gasteiger partial charge on any atom is 0.0995 e. The predicted molar refractivity (Wildman–Crippen MR) is 43.4 cm³/mol. The van der Waals surface area contributed by atoms with E-state index in [2.05, 4.69) is 17.1 Å². The van der Waals surface area contributed by atoms with Crippen molar-refractivity contribution >= 4 is 11.8 Å². The molecule has 2 rings (SSSR count). The van der Waals surface area contributed by atoms with Gasteiger partial charge in [-0.05, 0) is 25.0 Å². The van der Waals surface area contributed by atoms with E-state index in [9.17, 15) is 0 Å². The topological polar surface area (TPSA) is 12.9 Å². The molecular formula is C8H9NS. The van der Waals surface area contributed by atoms with Crippen LogP contribution in [0.2, 0.25) is 0 Å². The van der Waals surface area contributed by atoms with Crippen LogP contribution in [0, 0.1) is 6.92 Å². The van der Waals surface area contributed by atoms with Crippen molar-refractivity contribution in [2.24, 2.45) is 0 Å². The third-order valence-corrected chi connectivity index (χ3v) is 2.72. The average molecular weight is 151 g/mol. The van der Waals surface area contributed by atoms with Gasteiger partial charge in [0.1, 0.15) is 0 Å². The summed E-state index contributed by atoms with van der Waals surface area (Å²) in [6, 6.07) is 4.28. The predicted octanol–water partition coefficient (Wildman–Crippen LogP) is 2.04. The molecule has 52 valence electrons. The van der Waals surface area contributed by atoms with Crippen LogP contribution < -0.4 is 0 Å². The van der Waals surface area contributed by atoms with Crippen LogP contribution in [0.1, 0.15) is 11.3 Å². The Morgan fingerprint density at radius 2 is 2.40 bits per heavy atom. The summed E-state index contributed by atoms with van der Waals surface area (Å²) in [7, 11) is 0. The van der Waals surface area contributed by atoms with E-state index in [0.29, 0.717) is 0 Å². The minimum absolute atomic E-state index is 1.13. The zero-order valence-electron chi connectivity index (χ0n) is 5.92. The fourth-order valence-corrected chi connectivity index (χ4v) is 2.21. The van der Waals surface area contributed by atoms with Crippen molar-refractivity contribution in [3.05, 3.63) is 23.4 Å². The van der Waals surface area contributed by atoms with Gasteiger partial charge in [-0.1, -0.05) is 6.07 Å². The van der Waals surface area contributed by atoms with Gasteiger partial charge in [-0.15, -0.1) is 11.8 Å². The highest BCUT2D eigenvalue weighted by Gasteiger charge is 2.11. The van der Waals surface area contributed by atoms with Gasteiger partial charge >= 0.3 is 0 Å². The van der Waals surface area contributed by atoms with Gasteiger partial charge in [-0.3, -0.25) is 0 Å². The first-order valence-electron chi connectivity index (χ1n) is 3.45. The number of hydrogen-bond donors (Lipinski definition) is 0. The second-order valence-electron chi connectivity index (χ2n) is 2.52. The van der Waals surface area contributed by atoms with Gasteiger partial charge in [0, 0.05) is 11.4 Å². The molecular weight excluding hydrogens is 142 g/mol. The molecule has 1 aliphatic rings. The molecule has 0 amide bonds. The Bertz CT molecular complexity index is 257. The molecule has 10 heavy (non-hydrogen) atoms. The molecule has 0 fully saturated rings. The molecule has 0 atom stereocenters. The molecule has 0 aromatic carbocycles. The number of hydrogen-bond acceptors (Lipinski definition) is 2. The maximum absolute atomic E-state index is 4.42. The van der Waals surface area contributed by atoms with Crippen LogP contribution in [-0.4, -0.2) is 10.7 Å². The van der Waals surface area contributed by atoms with Gasteiger partial charge in [0.25, 0.3) is 0 Å². The molecule has 1 aromatic heterocycles. The van der Waals surface area contributed by atoms with Gasteiger partial charge in [0.2, 0.25) is 0 Å². The normalized spacial score (nSPS) is 15.3. The van der Waals surface area contributed by atoms with Crippen molar-refractivity contribution < 1.29 is 0 Å². The Kier molecular flexibility index (Phi) is 1.42. The van der Waals surface area contributed by atoms with Crippen molar-refractivity contribution in [1.29, 1.82) is 0 Å². The standard InChI is InChI=1S/C8H9NS/c1-6-2-3-7-4-5-10-8(7)9-6/h2-3H,4-5H2,1H3. The van der Waals surface area contributed by atoms with Crippen molar-refractivity contribution in [2.75, 3.05) is 5.75 Å². The number of fused-ring (bicyclic) bond motifs is 1. The van der Waals surface area contributed by atoms with E-state index in [1.165, 1.54) is 22.8 Å². The van der Waals surface area contributed by atoms with Gasteiger partial charge in [-0.2, -0.15) is 0 Å². The lowest BCUT2D eigenvalue weighted by Gasteiger charge is -1.96. The smallest absolute Gasteiger partial charge is 0.0995 e. The number of nitrogens with zero attached hydrogens (tertiary/aromatic N) is 1. The third kappa shape index (κ3) is 0.926. The zero-order valence-corrected chi connectivity index (χ0v) is 6.74. The van der Waals surface area contributed by atoms with Crippen LogP contribution in [0.5, 0.6) is 0 Å². The first-order valence-corrected chi connectivity index (χ1v) is 4.44. The minimum atomic E-state index is 1.13. The second kappa shape index (κ2) is 2.27. The van der Waals surface area contributed by atoms with Gasteiger partial charge in [0.05, 0.1) is 5.03 Å². The van der Waals surface area contributed by atoms with E-state index in [0.717, 1.165) is 5.69 Å². The van der Waals surface area contributed by atoms with E-state index in [4.69, 9.17) is 0 Å². The van der Waals surface area contributed by atoms with E-state index in [1.807, 2.05) is 18.7 Å². The Balaban J connectivity index is 2.52. The Morgan fingerprint density at radius 3 is 3.30 bits per heavy atom. The van der Waals surface area contributed by atoms with Crippen molar-refractivity contribution in [3.63, 3.8) is 0 Å². The summed E-state index contributed by atoms with van der Waals surface area (Å²) in [5.41, 5.74) is 2.56. The summed E-state index contributed by atoms with van der Waals surface area (Å²) in [5, 5.41) is 1.25. The van der Waals surface area contributed by atoms with Crippen LogP contribution in [0.25, 0.3) is 0 Å². The molecule has 0 saturated carbocycles. The summed E-state index contributed by atoms with van der Waals surface area (Å²) in [6.07, 6.45) is 1.20. The summed E-state index contributed by atoms with van der Waals surface area (Å²) < 4.78 is 0. The Hall–Kier alpha value is -0.500. The van der Waals surface area contributed by atoms with Gasteiger partial charge < -0.3 is 0 Å². The quantitative estimate of drug-likeness (QED) is 0.562. The monoisotopic (exact) mass is 151 g/mol. The fraction of sp³-hybridized carbons (Fsp3) is 0.375. The molecule has 0 radical (unpaired) electrons. The Labute approximate surface area is 64.9 Å². The number of thioether (sulfide) groups is 1. The average Bonchev–Trinajstić information content (AvgIpc) is 2.33. The summed E-state index contributed by atoms with van der Waals surface area (Å²) in [4.78, 5) is 4.42. The molecule has 1 aromatic rings. The van der Waals surface area contributed by atoms with Gasteiger partial charge in [0.15, 0.2) is 0 Å². The highest BCUT2D eigenvalue weighted by atomic mass is 32.2. The first kappa shape index (κ1) is 6.23. The summed E-state index contributed by atoms with van der Waals surface area (Å²) in [6.45, 7) is 2.04. The molecule has 0 unspecified atom stereocenters. The minimum Gasteiger partial charge on any atom is -0.247 e. The number of aromatic nitrogens is 1. The van der Waals surface area contributed by atoms with Crippen molar-refractivity contribution in [2.45, 2.75) is 18.4 Å². The fourth-order valence-electron chi connectivity index (χ4n) is 1.13. The SMILES string of the molecule is Cc1ccc2c(n1)SCC2. The molecule has 0 N–H and O–H groups in total. The summed E-state index contributed by atoms with van der Waals surface area (Å²) >= 11 is 1.87. The lowest BCUT2D eigenvalue weighted by molar-refractivity contribution is 1.01. The molecule has 1 nitrogen and oxygen atoms in total. The summed E-state index contributed by atoms with van der Waals surface area (Å²) in [5.74, 6) is 1.21. The van der Waals surface area contributed by atoms with Crippen LogP contribution in [-0.2, 0) is 6.42 Å². The van der Waals surface area contributed by atoms with Crippen molar-refractivity contribution in [3.8, 4) is 0 Å². The largest absolute Gasteiger partial charge is 0.247 e. The molecule has 1 aliphatic heterocycles. The van der Waals surface area contributed by atoms with E-state index < -0.39 is 0 Å². The molecule has 0 bridgehead atoms. The Morgan fingerprint density at radius 1 is 1.50 bits per heavy atom. The molecule has 0 aliphatic carbocycles. The lowest BCUT2D eigenvalue weighted by Crippen LogP contribution is -1.85. The molecule has 0 spiro atoms. The van der Waals surface area contributed by atoms with Gasteiger partial charge in [-0.25, -0.2) is 4.98 Å². The molecule has 2 heterocycles.